The average molecular weight is 204 g/mol. The number of carbonyl (C=O) groups is 1. The zero-order valence-corrected chi connectivity index (χ0v) is 8.64. The Morgan fingerprint density at radius 1 is 1.20 bits per heavy atom. The molecule has 15 heavy (non-hydrogen) atoms. The van der Waals surface area contributed by atoms with Crippen molar-refractivity contribution in [3.8, 4) is 0 Å². The number of nitrogens with one attached hydrogen (secondary N) is 1. The molecule has 0 saturated carbocycles. The third-order valence-corrected chi connectivity index (χ3v) is 2.15. The summed E-state index contributed by atoms with van der Waals surface area (Å²) in [5.74, 6) is 0.720. The van der Waals surface area contributed by atoms with Crippen LogP contribution >= 0.6 is 0 Å². The normalized spacial score (nSPS) is 16.1. The molecule has 0 atom stereocenters. The summed E-state index contributed by atoms with van der Waals surface area (Å²) in [7, 11) is 3.38. The van der Waals surface area contributed by atoms with Gasteiger partial charge in [-0.05, 0) is 0 Å². The lowest BCUT2D eigenvalue weighted by Crippen LogP contribution is -2.52. The van der Waals surface area contributed by atoms with Crippen molar-refractivity contribution in [2.75, 3.05) is 14.1 Å². The Bertz CT molecular complexity index is 401. The van der Waals surface area contributed by atoms with E-state index < -0.39 is 0 Å². The van der Waals surface area contributed by atoms with Gasteiger partial charge in [0.1, 0.15) is 0 Å². The monoisotopic (exact) mass is 204 g/mol. The first-order chi connectivity index (χ1) is 7.18. The second-order valence-corrected chi connectivity index (χ2v) is 3.29. The Kier molecular flexibility index (Phi) is 2.29. The highest BCUT2D eigenvalue weighted by Gasteiger charge is 2.21. The molecule has 0 unspecified atom stereocenters. The van der Waals surface area contributed by atoms with Crippen LogP contribution in [0.4, 0.5) is 4.79 Å². The van der Waals surface area contributed by atoms with Gasteiger partial charge in [0.15, 0.2) is 5.84 Å². The molecule has 0 fully saturated rings. The lowest BCUT2D eigenvalue weighted by Gasteiger charge is -2.29. The maximum atomic E-state index is 11.2. The number of hydrazone groups is 1. The smallest absolute Gasteiger partial charge is 0.268 e. The molecule has 1 N–H and O–H groups in total. The van der Waals surface area contributed by atoms with E-state index >= 15 is 0 Å². The SMILES string of the molecule is CN1N=C(c2ccccc2)N(C)NC1=O. The van der Waals surface area contributed by atoms with Gasteiger partial charge in [0.25, 0.3) is 0 Å². The molecule has 0 bridgehead atoms. The molecule has 2 rings (SSSR count). The fraction of sp³-hybridized carbons (Fsp3) is 0.200. The summed E-state index contributed by atoms with van der Waals surface area (Å²) in [5.41, 5.74) is 3.63. The van der Waals surface area contributed by atoms with E-state index in [4.69, 9.17) is 0 Å². The Balaban J connectivity index is 2.37. The third kappa shape index (κ3) is 1.76. The first kappa shape index (κ1) is 9.51. The fourth-order valence-electron chi connectivity index (χ4n) is 1.36. The quantitative estimate of drug-likeness (QED) is 0.737. The van der Waals surface area contributed by atoms with E-state index in [0.717, 1.165) is 11.4 Å². The standard InChI is InChI=1S/C10H12N4O/c1-13-9(8-6-4-3-5-7-8)11-14(2)10(15)12-13/h3-7H,1-2H3,(H,12,15). The Morgan fingerprint density at radius 3 is 2.53 bits per heavy atom. The van der Waals surface area contributed by atoms with E-state index in [2.05, 4.69) is 10.5 Å². The number of carbonyl (C=O) groups excluding carboxylic acids is 1. The molecule has 1 heterocycles. The number of urea groups is 1. The number of amides is 2. The number of hydrogen-bond donors (Lipinski definition) is 1. The fourth-order valence-corrected chi connectivity index (χ4v) is 1.36. The minimum absolute atomic E-state index is 0.239. The van der Waals surface area contributed by atoms with Crippen LogP contribution in [0.5, 0.6) is 0 Å². The van der Waals surface area contributed by atoms with Crippen molar-refractivity contribution >= 4 is 11.9 Å². The topological polar surface area (TPSA) is 47.9 Å². The molecule has 0 aliphatic carbocycles. The van der Waals surface area contributed by atoms with Gasteiger partial charge >= 0.3 is 6.03 Å². The molecule has 0 spiro atoms. The summed E-state index contributed by atoms with van der Waals surface area (Å²) in [6.45, 7) is 0. The summed E-state index contributed by atoms with van der Waals surface area (Å²) < 4.78 is 0. The molecular formula is C10H12N4O. The van der Waals surface area contributed by atoms with Crippen LogP contribution in [0.15, 0.2) is 35.4 Å². The summed E-state index contributed by atoms with van der Waals surface area (Å²) in [6, 6.07) is 9.46. The number of nitrogens with zero attached hydrogens (tertiary/aromatic N) is 3. The van der Waals surface area contributed by atoms with Crippen LogP contribution in [0.25, 0.3) is 0 Å². The van der Waals surface area contributed by atoms with Gasteiger partial charge in [-0.1, -0.05) is 30.3 Å². The number of benzene rings is 1. The van der Waals surface area contributed by atoms with E-state index in [9.17, 15) is 4.79 Å². The molecule has 0 radical (unpaired) electrons. The predicted octanol–water partition coefficient (Wildman–Crippen LogP) is 0.850. The van der Waals surface area contributed by atoms with Crippen LogP contribution in [0.2, 0.25) is 0 Å². The molecule has 1 aliphatic heterocycles. The van der Waals surface area contributed by atoms with Crippen LogP contribution in [0.1, 0.15) is 5.56 Å². The molecule has 5 nitrogen and oxygen atoms in total. The van der Waals surface area contributed by atoms with Gasteiger partial charge in [-0.2, -0.15) is 0 Å². The summed E-state index contributed by atoms with van der Waals surface area (Å²) in [6.07, 6.45) is 0. The van der Waals surface area contributed by atoms with Crippen molar-refractivity contribution in [2.45, 2.75) is 0 Å². The molecule has 5 heteroatoms. The van der Waals surface area contributed by atoms with Crippen LogP contribution in [-0.4, -0.2) is 36.0 Å². The predicted molar refractivity (Wildman–Crippen MR) is 57.0 cm³/mol. The maximum Gasteiger partial charge on any atom is 0.356 e. The van der Waals surface area contributed by atoms with E-state index in [1.165, 1.54) is 5.01 Å². The minimum atomic E-state index is -0.239. The lowest BCUT2D eigenvalue weighted by atomic mass is 10.2. The largest absolute Gasteiger partial charge is 0.356 e. The molecule has 2 amide bonds. The second kappa shape index (κ2) is 3.61. The summed E-state index contributed by atoms with van der Waals surface area (Å²) in [4.78, 5) is 11.2. The first-order valence-electron chi connectivity index (χ1n) is 4.60. The van der Waals surface area contributed by atoms with E-state index in [0.29, 0.717) is 0 Å². The number of rotatable bonds is 1. The van der Waals surface area contributed by atoms with Crippen LogP contribution in [-0.2, 0) is 0 Å². The molecular weight excluding hydrogens is 192 g/mol. The molecule has 78 valence electrons. The van der Waals surface area contributed by atoms with Gasteiger partial charge < -0.3 is 0 Å². The van der Waals surface area contributed by atoms with Crippen molar-refractivity contribution in [1.82, 2.24) is 15.4 Å². The Morgan fingerprint density at radius 2 is 1.87 bits per heavy atom. The van der Waals surface area contributed by atoms with E-state index in [1.807, 2.05) is 30.3 Å². The van der Waals surface area contributed by atoms with Gasteiger partial charge in [-0.3, -0.25) is 5.01 Å². The number of hydrogen-bond acceptors (Lipinski definition) is 3. The van der Waals surface area contributed by atoms with Crippen molar-refractivity contribution in [3.63, 3.8) is 0 Å². The molecule has 1 aromatic rings. The van der Waals surface area contributed by atoms with Gasteiger partial charge in [0, 0.05) is 19.7 Å². The Labute approximate surface area is 88.0 Å². The van der Waals surface area contributed by atoms with Crippen molar-refractivity contribution < 1.29 is 4.79 Å². The highest BCUT2D eigenvalue weighted by Crippen LogP contribution is 2.07. The lowest BCUT2D eigenvalue weighted by molar-refractivity contribution is 0.182. The van der Waals surface area contributed by atoms with Gasteiger partial charge in [-0.15, -0.1) is 5.10 Å². The maximum absolute atomic E-state index is 11.2. The molecule has 0 saturated heterocycles. The Hall–Kier alpha value is -2.04. The van der Waals surface area contributed by atoms with Gasteiger partial charge in [-0.25, -0.2) is 15.2 Å². The van der Waals surface area contributed by atoms with Crippen molar-refractivity contribution in [2.24, 2.45) is 5.10 Å². The number of amidine groups is 1. The first-order valence-corrected chi connectivity index (χ1v) is 4.60. The van der Waals surface area contributed by atoms with E-state index in [1.54, 1.807) is 19.1 Å². The van der Waals surface area contributed by atoms with Crippen LogP contribution < -0.4 is 5.43 Å². The minimum Gasteiger partial charge on any atom is -0.268 e. The van der Waals surface area contributed by atoms with Gasteiger partial charge in [0.05, 0.1) is 0 Å². The molecule has 1 aliphatic rings. The molecule has 0 aromatic heterocycles. The summed E-state index contributed by atoms with van der Waals surface area (Å²) >= 11 is 0. The average Bonchev–Trinajstić information content (AvgIpc) is 2.25. The number of hydrazine groups is 1. The zero-order chi connectivity index (χ0) is 10.8. The molecule has 1 aromatic carbocycles. The highest BCUT2D eigenvalue weighted by atomic mass is 16.2. The van der Waals surface area contributed by atoms with Crippen LogP contribution in [0, 0.1) is 0 Å². The second-order valence-electron chi connectivity index (χ2n) is 3.29. The zero-order valence-electron chi connectivity index (χ0n) is 8.64. The van der Waals surface area contributed by atoms with E-state index in [-0.39, 0.29) is 6.03 Å². The van der Waals surface area contributed by atoms with Crippen molar-refractivity contribution in [1.29, 1.82) is 0 Å². The summed E-state index contributed by atoms with van der Waals surface area (Å²) in [5, 5.41) is 7.07. The van der Waals surface area contributed by atoms with Crippen molar-refractivity contribution in [3.05, 3.63) is 35.9 Å². The highest BCUT2D eigenvalue weighted by molar-refractivity contribution is 6.01. The third-order valence-electron chi connectivity index (χ3n) is 2.15. The van der Waals surface area contributed by atoms with Gasteiger partial charge in [0.2, 0.25) is 0 Å². The van der Waals surface area contributed by atoms with Crippen LogP contribution in [0.3, 0.4) is 0 Å².